The fourth-order valence-electron chi connectivity index (χ4n) is 1.09. The first-order valence-corrected chi connectivity index (χ1v) is 4.38. The number of nitrogens with zero attached hydrogens (tertiary/aromatic N) is 3. The van der Waals surface area contributed by atoms with Crippen molar-refractivity contribution in [3.05, 3.63) is 5.56 Å². The van der Waals surface area contributed by atoms with Crippen molar-refractivity contribution in [2.45, 2.75) is 12.6 Å². The number of hydrogen-bond acceptors (Lipinski definition) is 4. The molecule has 0 atom stereocenters. The number of nitrogen functional groups attached to an aromatic ring is 1. The standard InChI is InChI=1S/C8H10F3N5/c1-16-6(13)5(4-12)7(15-16)14-3-2-8(9,10)11/h2-3,13H2,1H3,(H,14,15). The van der Waals surface area contributed by atoms with Crippen LogP contribution >= 0.6 is 0 Å². The molecule has 5 nitrogen and oxygen atoms in total. The summed E-state index contributed by atoms with van der Waals surface area (Å²) in [4.78, 5) is 0. The van der Waals surface area contributed by atoms with Crippen LogP contribution in [0.5, 0.6) is 0 Å². The molecule has 1 aromatic heterocycles. The number of nitriles is 1. The largest absolute Gasteiger partial charge is 0.390 e. The molecule has 1 rings (SSSR count). The average Bonchev–Trinajstić information content (AvgIpc) is 2.40. The van der Waals surface area contributed by atoms with Gasteiger partial charge < -0.3 is 11.1 Å². The lowest BCUT2D eigenvalue weighted by Gasteiger charge is -2.06. The highest BCUT2D eigenvalue weighted by atomic mass is 19.4. The van der Waals surface area contributed by atoms with Gasteiger partial charge in [0.05, 0.1) is 6.42 Å². The molecule has 0 saturated heterocycles. The third-order valence-corrected chi connectivity index (χ3v) is 1.90. The first-order valence-electron chi connectivity index (χ1n) is 4.38. The number of alkyl halides is 3. The molecule has 0 aromatic carbocycles. The van der Waals surface area contributed by atoms with Gasteiger partial charge in [-0.2, -0.15) is 23.5 Å². The highest BCUT2D eigenvalue weighted by Crippen LogP contribution is 2.22. The second-order valence-corrected chi connectivity index (χ2v) is 3.14. The van der Waals surface area contributed by atoms with Crippen molar-refractivity contribution in [3.8, 4) is 6.07 Å². The molecule has 88 valence electrons. The Morgan fingerprint density at radius 3 is 2.69 bits per heavy atom. The maximum atomic E-state index is 11.9. The molecule has 1 heterocycles. The Hall–Kier alpha value is -1.91. The lowest BCUT2D eigenvalue weighted by Crippen LogP contribution is -2.15. The van der Waals surface area contributed by atoms with Crippen LogP contribution in [0.2, 0.25) is 0 Å². The first kappa shape index (κ1) is 12.2. The second-order valence-electron chi connectivity index (χ2n) is 3.14. The summed E-state index contributed by atoms with van der Waals surface area (Å²) < 4.78 is 36.8. The molecule has 0 amide bonds. The molecule has 0 aliphatic heterocycles. The molecule has 0 bridgehead atoms. The highest BCUT2D eigenvalue weighted by Gasteiger charge is 2.26. The summed E-state index contributed by atoms with van der Waals surface area (Å²) >= 11 is 0. The molecular formula is C8H10F3N5. The third-order valence-electron chi connectivity index (χ3n) is 1.90. The van der Waals surface area contributed by atoms with Crippen LogP contribution in [0.15, 0.2) is 0 Å². The SMILES string of the molecule is Cn1nc(NCCC(F)(F)F)c(C#N)c1N. The fourth-order valence-corrected chi connectivity index (χ4v) is 1.09. The van der Waals surface area contributed by atoms with E-state index >= 15 is 0 Å². The Labute approximate surface area is 89.6 Å². The van der Waals surface area contributed by atoms with Crippen LogP contribution < -0.4 is 11.1 Å². The van der Waals surface area contributed by atoms with Gasteiger partial charge >= 0.3 is 6.18 Å². The van der Waals surface area contributed by atoms with Crippen LogP contribution in [-0.2, 0) is 7.05 Å². The molecule has 0 saturated carbocycles. The van der Waals surface area contributed by atoms with Crippen molar-refractivity contribution in [1.29, 1.82) is 5.26 Å². The molecule has 8 heteroatoms. The first-order chi connectivity index (χ1) is 7.35. The van der Waals surface area contributed by atoms with Gasteiger partial charge in [0.1, 0.15) is 17.5 Å². The van der Waals surface area contributed by atoms with E-state index in [4.69, 9.17) is 11.0 Å². The highest BCUT2D eigenvalue weighted by molar-refractivity contribution is 5.63. The lowest BCUT2D eigenvalue weighted by molar-refractivity contribution is -0.131. The molecule has 0 radical (unpaired) electrons. The quantitative estimate of drug-likeness (QED) is 0.823. The molecule has 0 aliphatic rings. The van der Waals surface area contributed by atoms with Crippen molar-refractivity contribution in [3.63, 3.8) is 0 Å². The minimum Gasteiger partial charge on any atom is -0.383 e. The average molecular weight is 233 g/mol. The van der Waals surface area contributed by atoms with Gasteiger partial charge in [-0.3, -0.25) is 0 Å². The van der Waals surface area contributed by atoms with Crippen molar-refractivity contribution in [1.82, 2.24) is 9.78 Å². The van der Waals surface area contributed by atoms with Crippen molar-refractivity contribution in [2.24, 2.45) is 7.05 Å². The topological polar surface area (TPSA) is 79.7 Å². The Morgan fingerprint density at radius 1 is 1.56 bits per heavy atom. The van der Waals surface area contributed by atoms with Crippen LogP contribution in [0.1, 0.15) is 12.0 Å². The van der Waals surface area contributed by atoms with Crippen molar-refractivity contribution in [2.75, 3.05) is 17.6 Å². The van der Waals surface area contributed by atoms with E-state index < -0.39 is 12.6 Å². The van der Waals surface area contributed by atoms with E-state index in [0.29, 0.717) is 0 Å². The van der Waals surface area contributed by atoms with Crippen LogP contribution in [0.4, 0.5) is 24.8 Å². The zero-order valence-electron chi connectivity index (χ0n) is 8.47. The second kappa shape index (κ2) is 4.30. The summed E-state index contributed by atoms with van der Waals surface area (Å²) in [7, 11) is 1.51. The van der Waals surface area contributed by atoms with E-state index in [0.717, 1.165) is 0 Å². The third kappa shape index (κ3) is 2.79. The molecule has 3 N–H and O–H groups in total. The van der Waals surface area contributed by atoms with Gasteiger partial charge in [0.2, 0.25) is 0 Å². The minimum atomic E-state index is -4.24. The smallest absolute Gasteiger partial charge is 0.383 e. The summed E-state index contributed by atoms with van der Waals surface area (Å²) in [6.45, 7) is -0.339. The monoisotopic (exact) mass is 233 g/mol. The summed E-state index contributed by atoms with van der Waals surface area (Å²) in [5.41, 5.74) is 5.55. The maximum Gasteiger partial charge on any atom is 0.390 e. The van der Waals surface area contributed by atoms with E-state index in [-0.39, 0.29) is 23.7 Å². The zero-order chi connectivity index (χ0) is 12.3. The van der Waals surface area contributed by atoms with Crippen molar-refractivity contribution >= 4 is 11.6 Å². The van der Waals surface area contributed by atoms with E-state index in [9.17, 15) is 13.2 Å². The van der Waals surface area contributed by atoms with E-state index in [1.54, 1.807) is 6.07 Å². The minimum absolute atomic E-state index is 0.0599. The normalized spacial score (nSPS) is 11.2. The maximum absolute atomic E-state index is 11.9. The van der Waals surface area contributed by atoms with Crippen molar-refractivity contribution < 1.29 is 13.2 Å². The van der Waals surface area contributed by atoms with Gasteiger partial charge in [-0.05, 0) is 0 Å². The lowest BCUT2D eigenvalue weighted by atomic mass is 10.3. The van der Waals surface area contributed by atoms with Gasteiger partial charge in [-0.1, -0.05) is 0 Å². The van der Waals surface area contributed by atoms with Crippen LogP contribution in [-0.4, -0.2) is 22.5 Å². The van der Waals surface area contributed by atoms with Crippen LogP contribution in [0.25, 0.3) is 0 Å². The Balaban J connectivity index is 2.69. The summed E-state index contributed by atoms with van der Waals surface area (Å²) in [6, 6.07) is 1.78. The number of aryl methyl sites for hydroxylation is 1. The molecule has 0 spiro atoms. The molecule has 0 aliphatic carbocycles. The van der Waals surface area contributed by atoms with Gasteiger partial charge in [-0.15, -0.1) is 0 Å². The number of hydrogen-bond donors (Lipinski definition) is 2. The van der Waals surface area contributed by atoms with Gasteiger partial charge in [-0.25, -0.2) is 4.68 Å². The Morgan fingerprint density at radius 2 is 2.19 bits per heavy atom. The van der Waals surface area contributed by atoms with Crippen LogP contribution in [0.3, 0.4) is 0 Å². The molecule has 0 unspecified atom stereocenters. The van der Waals surface area contributed by atoms with E-state index in [1.165, 1.54) is 11.7 Å². The predicted molar refractivity (Wildman–Crippen MR) is 51.5 cm³/mol. The van der Waals surface area contributed by atoms with Gasteiger partial charge in [0.15, 0.2) is 5.82 Å². The predicted octanol–water partition coefficient (Wildman–Crippen LogP) is 1.24. The number of aromatic nitrogens is 2. The Bertz CT molecular complexity index is 415. The fraction of sp³-hybridized carbons (Fsp3) is 0.500. The summed E-state index contributed by atoms with van der Waals surface area (Å²) in [5, 5.41) is 14.9. The molecule has 0 fully saturated rings. The number of rotatable bonds is 3. The number of anilines is 2. The number of nitrogens with two attached hydrogens (primary N) is 1. The number of nitrogens with one attached hydrogen (secondary N) is 1. The van der Waals surface area contributed by atoms with Gasteiger partial charge in [0, 0.05) is 13.6 Å². The Kier molecular flexibility index (Phi) is 3.27. The van der Waals surface area contributed by atoms with E-state index in [2.05, 4.69) is 10.4 Å². The summed E-state index contributed by atoms with van der Waals surface area (Å²) in [6.07, 6.45) is -5.23. The zero-order valence-corrected chi connectivity index (χ0v) is 8.47. The van der Waals surface area contributed by atoms with Crippen LogP contribution in [0, 0.1) is 11.3 Å². The van der Waals surface area contributed by atoms with Gasteiger partial charge in [0.25, 0.3) is 0 Å². The number of halogens is 3. The summed E-state index contributed by atoms with van der Waals surface area (Å²) in [5.74, 6) is 0.198. The van der Waals surface area contributed by atoms with E-state index in [1.807, 2.05) is 0 Å². The molecule has 16 heavy (non-hydrogen) atoms. The molecular weight excluding hydrogens is 223 g/mol. The molecule has 1 aromatic rings.